The van der Waals surface area contributed by atoms with E-state index in [0.29, 0.717) is 6.61 Å². The molecule has 1 aromatic carbocycles. The van der Waals surface area contributed by atoms with Crippen molar-refractivity contribution in [3.63, 3.8) is 0 Å². The average Bonchev–Trinajstić information content (AvgIpc) is 2.40. The van der Waals surface area contributed by atoms with Gasteiger partial charge in [-0.05, 0) is 36.1 Å². The van der Waals surface area contributed by atoms with Crippen molar-refractivity contribution in [2.45, 2.75) is 6.42 Å². The molecule has 0 aromatic heterocycles. The summed E-state index contributed by atoms with van der Waals surface area (Å²) in [7, 11) is 1.66. The smallest absolute Gasteiger partial charge is 0.161 e. The van der Waals surface area contributed by atoms with Crippen LogP contribution in [0.15, 0.2) is 34.6 Å². The van der Waals surface area contributed by atoms with Crippen molar-refractivity contribution >= 4 is 23.5 Å². The van der Waals surface area contributed by atoms with Gasteiger partial charge in [-0.15, -0.1) is 23.5 Å². The van der Waals surface area contributed by atoms with Gasteiger partial charge in [0.05, 0.1) is 7.11 Å². The lowest BCUT2D eigenvalue weighted by Crippen LogP contribution is -1.98. The van der Waals surface area contributed by atoms with E-state index in [-0.39, 0.29) is 0 Å². The summed E-state index contributed by atoms with van der Waals surface area (Å²) in [5.74, 6) is 4.05. The number of para-hydroxylation sites is 2. The first kappa shape index (κ1) is 12.7. The van der Waals surface area contributed by atoms with E-state index in [2.05, 4.69) is 6.08 Å². The molecule has 1 aromatic rings. The highest BCUT2D eigenvalue weighted by Gasteiger charge is 2.06. The van der Waals surface area contributed by atoms with Crippen molar-refractivity contribution in [1.82, 2.24) is 0 Å². The lowest BCUT2D eigenvalue weighted by Gasteiger charge is -2.13. The third-order valence-corrected chi connectivity index (χ3v) is 4.93. The maximum absolute atomic E-state index is 5.70. The molecular formula is C13H16O2S2. The van der Waals surface area contributed by atoms with E-state index in [1.54, 1.807) is 7.11 Å². The molecule has 2 rings (SSSR count). The minimum absolute atomic E-state index is 0.607. The summed E-state index contributed by atoms with van der Waals surface area (Å²) in [6.07, 6.45) is 3.46. The summed E-state index contributed by atoms with van der Waals surface area (Å²) >= 11 is 3.84. The van der Waals surface area contributed by atoms with Gasteiger partial charge in [-0.2, -0.15) is 0 Å². The Hall–Kier alpha value is -0.740. The zero-order chi connectivity index (χ0) is 11.9. The van der Waals surface area contributed by atoms with Crippen LogP contribution in [-0.4, -0.2) is 25.2 Å². The first-order chi connectivity index (χ1) is 8.40. The van der Waals surface area contributed by atoms with Crippen LogP contribution in [0, 0.1) is 0 Å². The molecule has 1 heterocycles. The van der Waals surface area contributed by atoms with Gasteiger partial charge in [0, 0.05) is 4.24 Å². The number of hydrogen-bond acceptors (Lipinski definition) is 4. The molecule has 1 aliphatic rings. The van der Waals surface area contributed by atoms with Crippen molar-refractivity contribution in [2.24, 2.45) is 0 Å². The third-order valence-electron chi connectivity index (χ3n) is 2.34. The van der Waals surface area contributed by atoms with Gasteiger partial charge in [-0.1, -0.05) is 12.1 Å². The fourth-order valence-electron chi connectivity index (χ4n) is 1.50. The minimum atomic E-state index is 0.607. The van der Waals surface area contributed by atoms with Crippen LogP contribution in [0.4, 0.5) is 0 Å². The van der Waals surface area contributed by atoms with E-state index in [9.17, 15) is 0 Å². The third kappa shape index (κ3) is 3.89. The Labute approximate surface area is 111 Å². The highest BCUT2D eigenvalue weighted by molar-refractivity contribution is 8.22. The van der Waals surface area contributed by atoms with Gasteiger partial charge in [-0.25, -0.2) is 0 Å². The molecule has 1 aliphatic heterocycles. The Morgan fingerprint density at radius 1 is 1.18 bits per heavy atom. The van der Waals surface area contributed by atoms with Gasteiger partial charge in [0.15, 0.2) is 11.5 Å². The summed E-state index contributed by atoms with van der Waals surface area (Å²) < 4.78 is 12.3. The first-order valence-electron chi connectivity index (χ1n) is 5.62. The van der Waals surface area contributed by atoms with Gasteiger partial charge in [0.1, 0.15) is 6.61 Å². The Kier molecular flexibility index (Phi) is 5.13. The van der Waals surface area contributed by atoms with Crippen LogP contribution in [0.3, 0.4) is 0 Å². The van der Waals surface area contributed by atoms with E-state index in [1.165, 1.54) is 22.2 Å². The van der Waals surface area contributed by atoms with Gasteiger partial charge in [0.2, 0.25) is 0 Å². The molecule has 0 amide bonds. The van der Waals surface area contributed by atoms with Crippen LogP contribution >= 0.6 is 23.5 Å². The van der Waals surface area contributed by atoms with E-state index in [0.717, 1.165) is 11.5 Å². The van der Waals surface area contributed by atoms with E-state index >= 15 is 0 Å². The number of hydrogen-bond donors (Lipinski definition) is 0. The predicted molar refractivity (Wildman–Crippen MR) is 76.1 cm³/mol. The molecule has 0 bridgehead atoms. The second-order valence-corrected chi connectivity index (χ2v) is 6.07. The molecule has 0 radical (unpaired) electrons. The van der Waals surface area contributed by atoms with Crippen LogP contribution in [0.5, 0.6) is 11.5 Å². The van der Waals surface area contributed by atoms with Gasteiger partial charge < -0.3 is 9.47 Å². The molecule has 1 fully saturated rings. The summed E-state index contributed by atoms with van der Waals surface area (Å²) in [4.78, 5) is 0. The molecule has 0 spiro atoms. The lowest BCUT2D eigenvalue weighted by molar-refractivity contribution is 0.326. The second kappa shape index (κ2) is 6.87. The molecule has 0 unspecified atom stereocenters. The molecule has 4 heteroatoms. The van der Waals surface area contributed by atoms with E-state index < -0.39 is 0 Å². The Morgan fingerprint density at radius 3 is 2.59 bits per heavy atom. The number of rotatable bonds is 4. The largest absolute Gasteiger partial charge is 0.493 e. The highest BCUT2D eigenvalue weighted by Crippen LogP contribution is 2.34. The van der Waals surface area contributed by atoms with Crippen molar-refractivity contribution < 1.29 is 9.47 Å². The summed E-state index contributed by atoms with van der Waals surface area (Å²) in [6, 6.07) is 7.73. The highest BCUT2D eigenvalue weighted by atomic mass is 32.2. The number of benzene rings is 1. The minimum Gasteiger partial charge on any atom is -0.493 e. The summed E-state index contributed by atoms with van der Waals surface area (Å²) in [6.45, 7) is 0.607. The molecule has 0 atom stereocenters. The van der Waals surface area contributed by atoms with E-state index in [4.69, 9.17) is 9.47 Å². The number of ether oxygens (including phenoxy) is 2. The Balaban J connectivity index is 1.88. The van der Waals surface area contributed by atoms with E-state index in [1.807, 2.05) is 47.8 Å². The maximum Gasteiger partial charge on any atom is 0.161 e. The predicted octanol–water partition coefficient (Wildman–Crippen LogP) is 3.79. The van der Waals surface area contributed by atoms with Crippen molar-refractivity contribution in [1.29, 1.82) is 0 Å². The van der Waals surface area contributed by atoms with Gasteiger partial charge >= 0.3 is 0 Å². The van der Waals surface area contributed by atoms with Crippen LogP contribution in [0.2, 0.25) is 0 Å². The summed E-state index contributed by atoms with van der Waals surface area (Å²) in [5, 5.41) is 0. The molecule has 0 N–H and O–H groups in total. The van der Waals surface area contributed by atoms with Crippen molar-refractivity contribution in [3.8, 4) is 11.5 Å². The van der Waals surface area contributed by atoms with Crippen molar-refractivity contribution in [3.05, 3.63) is 34.6 Å². The maximum atomic E-state index is 5.70. The standard InChI is InChI=1S/C13H16O2S2/c1-14-11-5-2-3-6-12(11)15-8-7-13-16-9-4-10-17-13/h2-3,5-7H,4,8-10H2,1H3. The van der Waals surface area contributed by atoms with Crippen LogP contribution in [0.1, 0.15) is 6.42 Å². The van der Waals surface area contributed by atoms with Gasteiger partial charge in [-0.3, -0.25) is 0 Å². The molecular weight excluding hydrogens is 252 g/mol. The Bertz CT molecular complexity index is 383. The van der Waals surface area contributed by atoms with Crippen LogP contribution in [-0.2, 0) is 0 Å². The average molecular weight is 268 g/mol. The van der Waals surface area contributed by atoms with Crippen LogP contribution < -0.4 is 9.47 Å². The van der Waals surface area contributed by atoms with Crippen molar-refractivity contribution in [2.75, 3.05) is 25.2 Å². The molecule has 0 aliphatic carbocycles. The number of methoxy groups -OCH3 is 1. The van der Waals surface area contributed by atoms with Crippen LogP contribution in [0.25, 0.3) is 0 Å². The first-order valence-corrected chi connectivity index (χ1v) is 7.59. The monoisotopic (exact) mass is 268 g/mol. The topological polar surface area (TPSA) is 18.5 Å². The second-order valence-electron chi connectivity index (χ2n) is 3.54. The lowest BCUT2D eigenvalue weighted by atomic mass is 10.3. The summed E-state index contributed by atoms with van der Waals surface area (Å²) in [5.41, 5.74) is 0. The van der Waals surface area contributed by atoms with Gasteiger partial charge in [0.25, 0.3) is 0 Å². The SMILES string of the molecule is COc1ccccc1OCC=C1SCCCS1. The number of thioether (sulfide) groups is 2. The fourth-order valence-corrected chi connectivity index (χ4v) is 3.87. The normalized spacial score (nSPS) is 15.5. The molecule has 0 saturated carbocycles. The molecule has 92 valence electrons. The zero-order valence-corrected chi connectivity index (χ0v) is 11.5. The fraction of sp³-hybridized carbons (Fsp3) is 0.385. The Morgan fingerprint density at radius 2 is 1.88 bits per heavy atom. The molecule has 2 nitrogen and oxygen atoms in total. The molecule has 17 heavy (non-hydrogen) atoms. The quantitative estimate of drug-likeness (QED) is 0.826. The molecule has 1 saturated heterocycles. The zero-order valence-electron chi connectivity index (χ0n) is 9.85.